The summed E-state index contributed by atoms with van der Waals surface area (Å²) in [5.74, 6) is 1.97. The first kappa shape index (κ1) is 13.9. The molecule has 1 fully saturated rings. The number of fused-ring (bicyclic) bond motifs is 1. The fourth-order valence-electron chi connectivity index (χ4n) is 2.95. The number of para-hydroxylation sites is 1. The highest BCUT2D eigenvalue weighted by Gasteiger charge is 2.20. The van der Waals surface area contributed by atoms with Crippen LogP contribution in [0.3, 0.4) is 0 Å². The number of rotatable bonds is 2. The summed E-state index contributed by atoms with van der Waals surface area (Å²) in [5.41, 5.74) is 1.93. The van der Waals surface area contributed by atoms with Gasteiger partial charge in [-0.2, -0.15) is 5.10 Å². The van der Waals surface area contributed by atoms with Crippen LogP contribution in [0.5, 0.6) is 0 Å². The second-order valence-electron chi connectivity index (χ2n) is 5.72. The maximum absolute atomic E-state index is 4.51. The summed E-state index contributed by atoms with van der Waals surface area (Å²) in [7, 11) is 0. The van der Waals surface area contributed by atoms with E-state index in [1.807, 2.05) is 37.3 Å². The highest BCUT2D eigenvalue weighted by atomic mass is 15.3. The molecule has 1 aliphatic rings. The smallest absolute Gasteiger partial charge is 0.151 e. The first-order valence-electron chi connectivity index (χ1n) is 7.81. The average molecular weight is 306 g/mol. The van der Waals surface area contributed by atoms with Crippen LogP contribution in [-0.4, -0.2) is 46.3 Å². The van der Waals surface area contributed by atoms with Gasteiger partial charge in [0.2, 0.25) is 0 Å². The molecular formula is C17H18N6. The van der Waals surface area contributed by atoms with E-state index < -0.39 is 0 Å². The van der Waals surface area contributed by atoms with Crippen LogP contribution < -0.4 is 9.80 Å². The van der Waals surface area contributed by atoms with Crippen LogP contribution in [0.1, 0.15) is 5.69 Å². The van der Waals surface area contributed by atoms with Crippen LogP contribution in [0.25, 0.3) is 10.9 Å². The van der Waals surface area contributed by atoms with Crippen molar-refractivity contribution in [3.8, 4) is 0 Å². The molecule has 6 heteroatoms. The molecule has 0 amide bonds. The van der Waals surface area contributed by atoms with E-state index in [9.17, 15) is 0 Å². The van der Waals surface area contributed by atoms with Gasteiger partial charge in [0.1, 0.15) is 12.1 Å². The molecule has 0 unspecified atom stereocenters. The van der Waals surface area contributed by atoms with Crippen molar-refractivity contribution < 1.29 is 0 Å². The van der Waals surface area contributed by atoms with Crippen molar-refractivity contribution >= 4 is 22.5 Å². The number of hydrogen-bond acceptors (Lipinski definition) is 6. The van der Waals surface area contributed by atoms with Gasteiger partial charge in [0.05, 0.1) is 11.2 Å². The average Bonchev–Trinajstić information content (AvgIpc) is 2.62. The summed E-state index contributed by atoms with van der Waals surface area (Å²) < 4.78 is 0. The van der Waals surface area contributed by atoms with E-state index in [1.54, 1.807) is 6.33 Å². The molecule has 23 heavy (non-hydrogen) atoms. The number of hydrogen-bond donors (Lipinski definition) is 0. The molecule has 116 valence electrons. The highest BCUT2D eigenvalue weighted by molar-refractivity contribution is 5.89. The number of aryl methyl sites for hydroxylation is 1. The second kappa shape index (κ2) is 5.79. The van der Waals surface area contributed by atoms with E-state index in [1.165, 1.54) is 0 Å². The first-order chi connectivity index (χ1) is 11.3. The number of nitrogens with zero attached hydrogens (tertiary/aromatic N) is 6. The van der Waals surface area contributed by atoms with Crippen LogP contribution in [0.2, 0.25) is 0 Å². The van der Waals surface area contributed by atoms with Gasteiger partial charge in [0, 0.05) is 31.6 Å². The minimum absolute atomic E-state index is 0.913. The van der Waals surface area contributed by atoms with Gasteiger partial charge >= 0.3 is 0 Å². The maximum atomic E-state index is 4.51. The molecule has 0 bridgehead atoms. The van der Waals surface area contributed by atoms with Crippen molar-refractivity contribution in [1.29, 1.82) is 0 Å². The molecule has 3 aromatic rings. The topological polar surface area (TPSA) is 58.0 Å². The third-order valence-electron chi connectivity index (χ3n) is 4.21. The van der Waals surface area contributed by atoms with Gasteiger partial charge in [-0.25, -0.2) is 9.97 Å². The Kier molecular flexibility index (Phi) is 3.49. The lowest BCUT2D eigenvalue weighted by atomic mass is 10.2. The number of anilines is 2. The minimum Gasteiger partial charge on any atom is -0.352 e. The predicted molar refractivity (Wildman–Crippen MR) is 90.7 cm³/mol. The van der Waals surface area contributed by atoms with Gasteiger partial charge < -0.3 is 9.80 Å². The summed E-state index contributed by atoms with van der Waals surface area (Å²) in [4.78, 5) is 13.4. The Balaban J connectivity index is 1.54. The SMILES string of the molecule is Cc1ccc(N2CCN(c3ncnc4ccccc34)CC2)nn1. The van der Waals surface area contributed by atoms with Crippen LogP contribution in [0.15, 0.2) is 42.7 Å². The zero-order valence-electron chi connectivity index (χ0n) is 13.1. The van der Waals surface area contributed by atoms with Crippen molar-refractivity contribution in [1.82, 2.24) is 20.2 Å². The van der Waals surface area contributed by atoms with Crippen LogP contribution in [-0.2, 0) is 0 Å². The Labute approximate surface area is 134 Å². The molecule has 0 atom stereocenters. The van der Waals surface area contributed by atoms with Crippen molar-refractivity contribution in [2.45, 2.75) is 6.92 Å². The van der Waals surface area contributed by atoms with E-state index in [0.717, 1.165) is 54.4 Å². The summed E-state index contributed by atoms with van der Waals surface area (Å²) in [6, 6.07) is 12.2. The highest BCUT2D eigenvalue weighted by Crippen LogP contribution is 2.24. The molecule has 0 radical (unpaired) electrons. The van der Waals surface area contributed by atoms with Gasteiger partial charge in [0.15, 0.2) is 5.82 Å². The van der Waals surface area contributed by atoms with E-state index in [-0.39, 0.29) is 0 Å². The monoisotopic (exact) mass is 306 g/mol. The minimum atomic E-state index is 0.913. The van der Waals surface area contributed by atoms with Gasteiger partial charge in [-0.05, 0) is 31.2 Å². The molecule has 3 heterocycles. The molecule has 4 rings (SSSR count). The Bertz CT molecular complexity index is 803. The Hall–Kier alpha value is -2.76. The Morgan fingerprint density at radius 1 is 0.826 bits per heavy atom. The van der Waals surface area contributed by atoms with Crippen molar-refractivity contribution in [3.05, 3.63) is 48.4 Å². The van der Waals surface area contributed by atoms with Crippen molar-refractivity contribution in [3.63, 3.8) is 0 Å². The Morgan fingerprint density at radius 2 is 1.61 bits per heavy atom. The van der Waals surface area contributed by atoms with Gasteiger partial charge in [-0.3, -0.25) is 0 Å². The molecule has 0 N–H and O–H groups in total. The molecule has 1 saturated heterocycles. The lowest BCUT2D eigenvalue weighted by molar-refractivity contribution is 0.639. The zero-order chi connectivity index (χ0) is 15.6. The largest absolute Gasteiger partial charge is 0.352 e. The van der Waals surface area contributed by atoms with E-state index >= 15 is 0 Å². The molecule has 1 aromatic carbocycles. The molecule has 2 aromatic heterocycles. The van der Waals surface area contributed by atoms with E-state index in [0.29, 0.717) is 0 Å². The van der Waals surface area contributed by atoms with E-state index in [4.69, 9.17) is 0 Å². The van der Waals surface area contributed by atoms with Crippen molar-refractivity contribution in [2.75, 3.05) is 36.0 Å². The summed E-state index contributed by atoms with van der Waals surface area (Å²) in [5, 5.41) is 9.54. The quantitative estimate of drug-likeness (QED) is 0.722. The number of benzene rings is 1. The Morgan fingerprint density at radius 3 is 2.39 bits per heavy atom. The number of aromatic nitrogens is 4. The first-order valence-corrected chi connectivity index (χ1v) is 7.81. The summed E-state index contributed by atoms with van der Waals surface area (Å²) >= 11 is 0. The molecule has 0 saturated carbocycles. The van der Waals surface area contributed by atoms with Gasteiger partial charge in [-0.15, -0.1) is 5.10 Å². The molecule has 0 aliphatic carbocycles. The van der Waals surface area contributed by atoms with Crippen LogP contribution in [0, 0.1) is 6.92 Å². The van der Waals surface area contributed by atoms with E-state index in [2.05, 4.69) is 36.0 Å². The third-order valence-corrected chi connectivity index (χ3v) is 4.21. The van der Waals surface area contributed by atoms with Crippen molar-refractivity contribution in [2.24, 2.45) is 0 Å². The summed E-state index contributed by atoms with van der Waals surface area (Å²) in [6.07, 6.45) is 1.65. The second-order valence-corrected chi connectivity index (χ2v) is 5.72. The lowest BCUT2D eigenvalue weighted by Gasteiger charge is -2.36. The number of piperazine rings is 1. The fraction of sp³-hybridized carbons (Fsp3) is 0.294. The molecular weight excluding hydrogens is 288 g/mol. The predicted octanol–water partition coefficient (Wildman–Crippen LogP) is 2.05. The normalized spacial score (nSPS) is 15.2. The van der Waals surface area contributed by atoms with Gasteiger partial charge in [0.25, 0.3) is 0 Å². The third kappa shape index (κ3) is 2.67. The molecule has 6 nitrogen and oxygen atoms in total. The van der Waals surface area contributed by atoms with Crippen LogP contribution in [0.4, 0.5) is 11.6 Å². The van der Waals surface area contributed by atoms with Gasteiger partial charge in [-0.1, -0.05) is 12.1 Å². The zero-order valence-corrected chi connectivity index (χ0v) is 13.1. The molecule has 0 spiro atoms. The molecule has 1 aliphatic heterocycles. The fourth-order valence-corrected chi connectivity index (χ4v) is 2.95. The summed E-state index contributed by atoms with van der Waals surface area (Å²) in [6.45, 7) is 5.61. The van der Waals surface area contributed by atoms with Crippen LogP contribution >= 0.6 is 0 Å². The lowest BCUT2D eigenvalue weighted by Crippen LogP contribution is -2.47. The standard InChI is InChI=1S/C17H18N6/c1-13-6-7-16(21-20-13)22-8-10-23(11-9-22)17-14-4-2-3-5-15(14)18-12-19-17/h2-7,12H,8-11H2,1H3. The maximum Gasteiger partial charge on any atom is 0.151 e.